The maximum Gasteiger partial charge on any atom is 0.164 e. The van der Waals surface area contributed by atoms with Crippen molar-refractivity contribution in [1.29, 1.82) is 0 Å². The molecule has 0 unspecified atom stereocenters. The normalized spacial score (nSPS) is 13.6. The molecule has 0 spiro atoms. The van der Waals surface area contributed by atoms with E-state index in [4.69, 9.17) is 26.4 Å². The molecule has 1 aliphatic carbocycles. The van der Waals surface area contributed by atoms with Crippen LogP contribution in [-0.2, 0) is 5.41 Å². The van der Waals surface area contributed by atoms with Gasteiger partial charge in [0.05, 0.1) is 0 Å². The van der Waals surface area contributed by atoms with Crippen LogP contribution in [-0.4, -0.2) is 19.9 Å². The maximum atomic E-state index is 5.72. The van der Waals surface area contributed by atoms with Crippen LogP contribution >= 0.6 is 0 Å². The second-order valence-corrected chi connectivity index (χ2v) is 11.1. The third-order valence-corrected chi connectivity index (χ3v) is 8.00. The van der Waals surface area contributed by atoms with Crippen molar-refractivity contribution in [2.45, 2.75) is 40.0 Å². The molecule has 0 atom stereocenters. The Bertz CT molecular complexity index is 1950. The molecule has 5 aromatic rings. The highest BCUT2D eigenvalue weighted by Gasteiger charge is 2.35. The van der Waals surface area contributed by atoms with Gasteiger partial charge in [0.15, 0.2) is 17.5 Å². The Labute approximate surface area is 248 Å². The van der Waals surface area contributed by atoms with Crippen molar-refractivity contribution in [3.05, 3.63) is 125 Å². The lowest BCUT2D eigenvalue weighted by Crippen LogP contribution is -2.15. The first-order valence-corrected chi connectivity index (χ1v) is 14.2. The molecule has 4 heteroatoms. The lowest BCUT2D eigenvalue weighted by molar-refractivity contribution is 0.660. The van der Waals surface area contributed by atoms with Crippen LogP contribution in [0.1, 0.15) is 49.1 Å². The summed E-state index contributed by atoms with van der Waals surface area (Å²) in [6.07, 6.45) is 11.3. The molecule has 0 saturated heterocycles. The molecule has 1 aliphatic rings. The van der Waals surface area contributed by atoms with Gasteiger partial charge in [-0.25, -0.2) is 15.0 Å². The van der Waals surface area contributed by atoms with Crippen molar-refractivity contribution in [2.24, 2.45) is 0 Å². The van der Waals surface area contributed by atoms with E-state index in [1.807, 2.05) is 51.1 Å². The zero-order valence-corrected chi connectivity index (χ0v) is 24.6. The van der Waals surface area contributed by atoms with Crippen molar-refractivity contribution >= 4 is 5.57 Å². The van der Waals surface area contributed by atoms with Gasteiger partial charge in [-0.15, -0.1) is 6.42 Å². The summed E-state index contributed by atoms with van der Waals surface area (Å²) >= 11 is 0. The number of benzene rings is 3. The number of rotatable bonds is 5. The van der Waals surface area contributed by atoms with E-state index in [9.17, 15) is 0 Å². The minimum absolute atomic E-state index is 0.136. The monoisotopic (exact) mass is 544 g/mol. The minimum atomic E-state index is -0.136. The van der Waals surface area contributed by atoms with Crippen LogP contribution in [0.15, 0.2) is 97.1 Å². The number of nitrogens with zero attached hydrogens (tertiary/aromatic N) is 4. The Morgan fingerprint density at radius 1 is 0.714 bits per heavy atom. The third kappa shape index (κ3) is 4.63. The van der Waals surface area contributed by atoms with Crippen molar-refractivity contribution in [3.8, 4) is 57.4 Å². The van der Waals surface area contributed by atoms with Crippen molar-refractivity contribution in [1.82, 2.24) is 19.9 Å². The van der Waals surface area contributed by atoms with Crippen LogP contribution in [0.4, 0.5) is 0 Å². The Balaban J connectivity index is 1.58. The Kier molecular flexibility index (Phi) is 6.88. The quantitative estimate of drug-likeness (QED) is 0.164. The number of hydrogen-bond acceptors (Lipinski definition) is 4. The number of terminal acetylenes is 1. The van der Waals surface area contributed by atoms with Gasteiger partial charge in [-0.05, 0) is 66.8 Å². The fourth-order valence-corrected chi connectivity index (χ4v) is 5.94. The zero-order chi connectivity index (χ0) is 29.4. The molecule has 42 heavy (non-hydrogen) atoms. The van der Waals surface area contributed by atoms with E-state index in [2.05, 4.69) is 80.4 Å². The zero-order valence-electron chi connectivity index (χ0n) is 24.6. The number of hydrogen-bond donors (Lipinski definition) is 0. The summed E-state index contributed by atoms with van der Waals surface area (Å²) in [6, 6.07) is 27.5. The summed E-state index contributed by atoms with van der Waals surface area (Å²) in [5.41, 5.74) is 11.6. The molecular formula is C38H32N4. The molecule has 0 N–H and O–H groups in total. The SMILES string of the molecule is C#C/C=C(\C=C/C)c1nc(-c2ccc3c(c2)C(C)(C)c2ccccc2-3)nc(-c2ccccc2-c2ccc(C)nc2C)n1. The largest absolute Gasteiger partial charge is 0.258 e. The van der Waals surface area contributed by atoms with Gasteiger partial charge in [0.25, 0.3) is 0 Å². The van der Waals surface area contributed by atoms with Gasteiger partial charge in [-0.1, -0.05) is 98.6 Å². The first kappa shape index (κ1) is 27.1. The van der Waals surface area contributed by atoms with E-state index in [-0.39, 0.29) is 5.41 Å². The van der Waals surface area contributed by atoms with E-state index >= 15 is 0 Å². The molecule has 4 nitrogen and oxygen atoms in total. The summed E-state index contributed by atoms with van der Waals surface area (Å²) in [4.78, 5) is 19.7. The molecule has 0 bridgehead atoms. The third-order valence-electron chi connectivity index (χ3n) is 8.00. The predicted molar refractivity (Wildman–Crippen MR) is 173 cm³/mol. The average Bonchev–Trinajstić information content (AvgIpc) is 3.23. The van der Waals surface area contributed by atoms with E-state index in [0.717, 1.165) is 39.2 Å². The molecule has 2 heterocycles. The number of fused-ring (bicyclic) bond motifs is 3. The van der Waals surface area contributed by atoms with Crippen LogP contribution in [0, 0.1) is 26.2 Å². The number of pyridine rings is 1. The number of allylic oxidation sites excluding steroid dienone is 4. The van der Waals surface area contributed by atoms with Gasteiger partial charge in [-0.3, -0.25) is 4.98 Å². The van der Waals surface area contributed by atoms with Crippen molar-refractivity contribution in [3.63, 3.8) is 0 Å². The van der Waals surface area contributed by atoms with Crippen LogP contribution in [0.3, 0.4) is 0 Å². The van der Waals surface area contributed by atoms with Gasteiger partial charge in [0.1, 0.15) is 0 Å². The fourth-order valence-electron chi connectivity index (χ4n) is 5.94. The van der Waals surface area contributed by atoms with Gasteiger partial charge in [-0.2, -0.15) is 0 Å². The highest BCUT2D eigenvalue weighted by molar-refractivity contribution is 5.85. The molecule has 0 fully saturated rings. The first-order valence-electron chi connectivity index (χ1n) is 14.2. The first-order chi connectivity index (χ1) is 20.3. The molecular weight excluding hydrogens is 512 g/mol. The lowest BCUT2D eigenvalue weighted by Gasteiger charge is -2.21. The topological polar surface area (TPSA) is 51.6 Å². The lowest BCUT2D eigenvalue weighted by atomic mass is 9.82. The minimum Gasteiger partial charge on any atom is -0.258 e. The van der Waals surface area contributed by atoms with Gasteiger partial charge in [0, 0.05) is 39.1 Å². The van der Waals surface area contributed by atoms with E-state index < -0.39 is 0 Å². The van der Waals surface area contributed by atoms with Gasteiger partial charge < -0.3 is 0 Å². The second-order valence-electron chi connectivity index (χ2n) is 11.1. The summed E-state index contributed by atoms with van der Waals surface area (Å²) in [5, 5.41) is 0. The summed E-state index contributed by atoms with van der Waals surface area (Å²) in [5.74, 6) is 4.37. The predicted octanol–water partition coefficient (Wildman–Crippen LogP) is 8.78. The van der Waals surface area contributed by atoms with E-state index in [1.165, 1.54) is 22.3 Å². The molecule has 0 aliphatic heterocycles. The molecule has 204 valence electrons. The molecule has 0 saturated carbocycles. The Morgan fingerprint density at radius 3 is 2.12 bits per heavy atom. The van der Waals surface area contributed by atoms with E-state index in [0.29, 0.717) is 17.5 Å². The molecule has 0 radical (unpaired) electrons. The number of aryl methyl sites for hydroxylation is 2. The summed E-state index contributed by atoms with van der Waals surface area (Å²) in [6.45, 7) is 10.5. The number of aromatic nitrogens is 4. The van der Waals surface area contributed by atoms with E-state index in [1.54, 1.807) is 6.08 Å². The maximum absolute atomic E-state index is 5.72. The van der Waals surface area contributed by atoms with Gasteiger partial charge >= 0.3 is 0 Å². The van der Waals surface area contributed by atoms with Crippen LogP contribution in [0.25, 0.3) is 50.6 Å². The second kappa shape index (κ2) is 10.7. The summed E-state index contributed by atoms with van der Waals surface area (Å²) < 4.78 is 0. The Hall–Kier alpha value is -5.14. The highest BCUT2D eigenvalue weighted by Crippen LogP contribution is 2.49. The van der Waals surface area contributed by atoms with Crippen LogP contribution < -0.4 is 0 Å². The standard InChI is InChI=1S/C38H32N4/c1-7-13-26(14-8-2)35-40-36(27-20-22-31-30-16-11-12-18-33(30)38(5,6)34(31)23-27)42-37(41-35)32-17-10-9-15-29(32)28-21-19-24(3)39-25(28)4/h1,8-23H,2-6H3/b14-8-,26-13+. The van der Waals surface area contributed by atoms with Crippen LogP contribution in [0.2, 0.25) is 0 Å². The van der Waals surface area contributed by atoms with Crippen LogP contribution in [0.5, 0.6) is 0 Å². The van der Waals surface area contributed by atoms with Crippen molar-refractivity contribution in [2.75, 3.05) is 0 Å². The van der Waals surface area contributed by atoms with Crippen molar-refractivity contribution < 1.29 is 0 Å². The smallest absolute Gasteiger partial charge is 0.164 e. The van der Waals surface area contributed by atoms with Gasteiger partial charge in [0.2, 0.25) is 0 Å². The Morgan fingerprint density at radius 2 is 1.38 bits per heavy atom. The molecule has 6 rings (SSSR count). The molecule has 2 aromatic heterocycles. The fraction of sp³-hybridized carbons (Fsp3) is 0.158. The molecule has 0 amide bonds. The molecule has 3 aromatic carbocycles. The average molecular weight is 545 g/mol. The highest BCUT2D eigenvalue weighted by atomic mass is 15.0. The summed E-state index contributed by atoms with van der Waals surface area (Å²) in [7, 11) is 0.